The van der Waals surface area contributed by atoms with Crippen molar-refractivity contribution in [1.29, 1.82) is 0 Å². The fourth-order valence-electron chi connectivity index (χ4n) is 2.89. The Labute approximate surface area is 173 Å². The molecule has 0 radical (unpaired) electrons. The average molecular weight is 400 g/mol. The van der Waals surface area contributed by atoms with Gasteiger partial charge in [-0.15, -0.1) is 0 Å². The van der Waals surface area contributed by atoms with Gasteiger partial charge in [-0.05, 0) is 61.5 Å². The number of nitrogens with zero attached hydrogens (tertiary/aromatic N) is 3. The zero-order chi connectivity index (χ0) is 20.9. The molecule has 2 aromatic carbocycles. The van der Waals surface area contributed by atoms with Crippen molar-refractivity contribution in [2.24, 2.45) is 0 Å². The first-order valence-electron chi connectivity index (χ1n) is 9.33. The summed E-state index contributed by atoms with van der Waals surface area (Å²) in [6.07, 6.45) is 3.82. The fraction of sp³-hybridized carbons (Fsp3) is 0.0870. The summed E-state index contributed by atoms with van der Waals surface area (Å²) in [5.74, 6) is 2.80. The van der Waals surface area contributed by atoms with Crippen LogP contribution >= 0.6 is 0 Å². The molecule has 30 heavy (non-hydrogen) atoms. The third-order valence-corrected chi connectivity index (χ3v) is 4.34. The van der Waals surface area contributed by atoms with Gasteiger partial charge in [-0.1, -0.05) is 6.07 Å². The molecular formula is C23H20N4O3. The zero-order valence-electron chi connectivity index (χ0n) is 16.6. The van der Waals surface area contributed by atoms with Crippen LogP contribution in [0.1, 0.15) is 16.2 Å². The second-order valence-corrected chi connectivity index (χ2v) is 6.51. The van der Waals surface area contributed by atoms with Gasteiger partial charge >= 0.3 is 0 Å². The van der Waals surface area contributed by atoms with Gasteiger partial charge in [-0.25, -0.2) is 4.98 Å². The van der Waals surface area contributed by atoms with Crippen LogP contribution in [0, 0.1) is 6.92 Å². The number of benzene rings is 2. The van der Waals surface area contributed by atoms with Crippen molar-refractivity contribution in [2.45, 2.75) is 6.92 Å². The number of anilines is 1. The van der Waals surface area contributed by atoms with E-state index in [1.54, 1.807) is 61.7 Å². The van der Waals surface area contributed by atoms with Gasteiger partial charge in [-0.2, -0.15) is 4.98 Å². The number of nitrogens with one attached hydrogen (secondary N) is 1. The molecule has 1 amide bonds. The number of carbonyl (C=O) groups excluding carboxylic acids is 1. The minimum Gasteiger partial charge on any atom is -0.497 e. The molecule has 0 atom stereocenters. The number of ether oxygens (including phenoxy) is 2. The van der Waals surface area contributed by atoms with Crippen LogP contribution in [0.3, 0.4) is 0 Å². The number of methoxy groups -OCH3 is 1. The van der Waals surface area contributed by atoms with Gasteiger partial charge in [0.25, 0.3) is 5.91 Å². The molecule has 7 heteroatoms. The lowest BCUT2D eigenvalue weighted by molar-refractivity contribution is 0.102. The Bertz CT molecular complexity index is 1160. The number of aromatic nitrogens is 3. The van der Waals surface area contributed by atoms with Crippen molar-refractivity contribution in [3.63, 3.8) is 0 Å². The van der Waals surface area contributed by atoms with E-state index in [9.17, 15) is 4.79 Å². The van der Waals surface area contributed by atoms with E-state index in [4.69, 9.17) is 9.47 Å². The normalized spacial score (nSPS) is 10.5. The minimum absolute atomic E-state index is 0.217. The van der Waals surface area contributed by atoms with Crippen molar-refractivity contribution in [3.8, 4) is 23.2 Å². The van der Waals surface area contributed by atoms with Crippen LogP contribution in [0.15, 0.2) is 79.1 Å². The van der Waals surface area contributed by atoms with E-state index < -0.39 is 0 Å². The monoisotopic (exact) mass is 400 g/mol. The molecule has 7 nitrogen and oxygen atoms in total. The number of carbonyl (C=O) groups is 1. The highest BCUT2D eigenvalue weighted by atomic mass is 16.5. The molecule has 4 rings (SSSR count). The highest BCUT2D eigenvalue weighted by Gasteiger charge is 2.09. The molecule has 4 aromatic rings. The van der Waals surface area contributed by atoms with Gasteiger partial charge in [-0.3, -0.25) is 4.79 Å². The van der Waals surface area contributed by atoms with E-state index in [0.29, 0.717) is 34.5 Å². The standard InChI is InChI=1S/C23H20N4O3/c1-16-24-21(27-12-3-4-13-27)15-22(25-16)30-19-10-8-18(9-11-19)26-23(28)17-6-5-7-20(14-17)29-2/h3-15H,1-2H3,(H,26,28). The van der Waals surface area contributed by atoms with Crippen LogP contribution < -0.4 is 14.8 Å². The van der Waals surface area contributed by atoms with Crippen molar-refractivity contribution in [1.82, 2.24) is 14.5 Å². The molecule has 0 bridgehead atoms. The second-order valence-electron chi connectivity index (χ2n) is 6.51. The van der Waals surface area contributed by atoms with Gasteiger partial charge in [0.05, 0.1) is 7.11 Å². The van der Waals surface area contributed by atoms with E-state index in [0.717, 1.165) is 5.82 Å². The predicted octanol–water partition coefficient (Wildman–Crippen LogP) is 4.63. The lowest BCUT2D eigenvalue weighted by Crippen LogP contribution is -2.11. The smallest absolute Gasteiger partial charge is 0.255 e. The first kappa shape index (κ1) is 19.2. The Kier molecular flexibility index (Phi) is 5.43. The van der Waals surface area contributed by atoms with Crippen molar-refractivity contribution in [3.05, 3.63) is 90.5 Å². The van der Waals surface area contributed by atoms with Crippen LogP contribution in [-0.2, 0) is 0 Å². The molecule has 0 aliphatic rings. The Hall–Kier alpha value is -4.13. The molecule has 150 valence electrons. The first-order valence-corrected chi connectivity index (χ1v) is 9.33. The summed E-state index contributed by atoms with van der Waals surface area (Å²) >= 11 is 0. The van der Waals surface area contributed by atoms with Crippen LogP contribution in [0.25, 0.3) is 5.82 Å². The Morgan fingerprint density at radius 3 is 2.43 bits per heavy atom. The molecular weight excluding hydrogens is 380 g/mol. The van der Waals surface area contributed by atoms with Crippen molar-refractivity contribution < 1.29 is 14.3 Å². The maximum atomic E-state index is 12.4. The van der Waals surface area contributed by atoms with E-state index in [1.807, 2.05) is 36.0 Å². The molecule has 0 aliphatic carbocycles. The third-order valence-electron chi connectivity index (χ3n) is 4.34. The van der Waals surface area contributed by atoms with E-state index in [2.05, 4.69) is 15.3 Å². The largest absolute Gasteiger partial charge is 0.497 e. The summed E-state index contributed by atoms with van der Waals surface area (Å²) in [6, 6.07) is 19.7. The van der Waals surface area contributed by atoms with E-state index in [-0.39, 0.29) is 5.91 Å². The fourth-order valence-corrected chi connectivity index (χ4v) is 2.89. The molecule has 2 aromatic heterocycles. The quantitative estimate of drug-likeness (QED) is 0.511. The highest BCUT2D eigenvalue weighted by molar-refractivity contribution is 6.04. The zero-order valence-corrected chi connectivity index (χ0v) is 16.6. The molecule has 0 spiro atoms. The van der Waals surface area contributed by atoms with E-state index in [1.165, 1.54) is 0 Å². The molecule has 2 heterocycles. The summed E-state index contributed by atoms with van der Waals surface area (Å²) in [5.41, 5.74) is 1.17. The maximum absolute atomic E-state index is 12.4. The molecule has 0 unspecified atom stereocenters. The number of hydrogen-bond donors (Lipinski definition) is 1. The Morgan fingerprint density at radius 1 is 0.933 bits per heavy atom. The van der Waals surface area contributed by atoms with Gasteiger partial charge in [0.15, 0.2) is 0 Å². The van der Waals surface area contributed by atoms with Gasteiger partial charge in [0.1, 0.15) is 23.1 Å². The summed E-state index contributed by atoms with van der Waals surface area (Å²) in [4.78, 5) is 21.2. The number of amides is 1. The second kappa shape index (κ2) is 8.48. The predicted molar refractivity (Wildman–Crippen MR) is 114 cm³/mol. The lowest BCUT2D eigenvalue weighted by Gasteiger charge is -2.10. The van der Waals surface area contributed by atoms with Crippen LogP contribution in [0.4, 0.5) is 5.69 Å². The van der Waals surface area contributed by atoms with Crippen LogP contribution in [0.5, 0.6) is 17.4 Å². The first-order chi connectivity index (χ1) is 14.6. The number of hydrogen-bond acceptors (Lipinski definition) is 5. The van der Waals surface area contributed by atoms with Gasteiger partial charge < -0.3 is 19.4 Å². The number of rotatable bonds is 6. The van der Waals surface area contributed by atoms with Gasteiger partial charge in [0.2, 0.25) is 5.88 Å². The molecule has 0 aliphatic heterocycles. The Morgan fingerprint density at radius 2 is 1.70 bits per heavy atom. The average Bonchev–Trinajstić information content (AvgIpc) is 3.30. The maximum Gasteiger partial charge on any atom is 0.255 e. The topological polar surface area (TPSA) is 78.3 Å². The highest BCUT2D eigenvalue weighted by Crippen LogP contribution is 2.23. The summed E-state index contributed by atoms with van der Waals surface area (Å²) in [7, 11) is 1.57. The van der Waals surface area contributed by atoms with Crippen LogP contribution in [-0.4, -0.2) is 27.6 Å². The Balaban J connectivity index is 1.46. The third kappa shape index (κ3) is 4.47. The van der Waals surface area contributed by atoms with E-state index >= 15 is 0 Å². The lowest BCUT2D eigenvalue weighted by atomic mass is 10.2. The minimum atomic E-state index is -0.217. The van der Waals surface area contributed by atoms with Crippen molar-refractivity contribution >= 4 is 11.6 Å². The van der Waals surface area contributed by atoms with Crippen molar-refractivity contribution in [2.75, 3.05) is 12.4 Å². The summed E-state index contributed by atoms with van der Waals surface area (Å²) < 4.78 is 12.9. The summed E-state index contributed by atoms with van der Waals surface area (Å²) in [5, 5.41) is 2.86. The van der Waals surface area contributed by atoms with Crippen LogP contribution in [0.2, 0.25) is 0 Å². The molecule has 1 N–H and O–H groups in total. The molecule has 0 saturated carbocycles. The SMILES string of the molecule is COc1cccc(C(=O)Nc2ccc(Oc3cc(-n4cccc4)nc(C)n3)cc2)c1. The summed E-state index contributed by atoms with van der Waals surface area (Å²) in [6.45, 7) is 1.82. The number of aryl methyl sites for hydroxylation is 1. The van der Waals surface area contributed by atoms with Gasteiger partial charge in [0, 0.05) is 29.7 Å². The molecule has 0 fully saturated rings. The molecule has 0 saturated heterocycles.